The predicted octanol–water partition coefficient (Wildman–Crippen LogP) is 3.41. The number of rotatable bonds is 5. The van der Waals surface area contributed by atoms with Gasteiger partial charge in [-0.25, -0.2) is 8.78 Å². The molecule has 1 saturated carbocycles. The van der Waals surface area contributed by atoms with Crippen molar-refractivity contribution in [2.45, 2.75) is 57.2 Å². The Balaban J connectivity index is 0.00000182. The molecule has 0 bridgehead atoms. The molecule has 3 rings (SSSR count). The Labute approximate surface area is 172 Å². The second kappa shape index (κ2) is 11.1. The number of nitrogens with two attached hydrogens (primary N) is 1. The van der Waals surface area contributed by atoms with Crippen molar-refractivity contribution in [1.29, 1.82) is 0 Å². The molecule has 1 aromatic rings. The maximum absolute atomic E-state index is 13.3. The normalized spacial score (nSPS) is 23.4. The Morgan fingerprint density at radius 3 is 2.41 bits per heavy atom. The van der Waals surface area contributed by atoms with Crippen molar-refractivity contribution in [2.24, 2.45) is 11.7 Å². The number of nitrogens with zero attached hydrogens (tertiary/aromatic N) is 1. The van der Waals surface area contributed by atoms with Gasteiger partial charge in [-0.05, 0) is 49.3 Å². The SMILES string of the molecule is Cl.Cl.N[C@@H]1CCC[C@H]1CC(=O)NC1CCN(Cc2ccc(F)c(F)c2)CC1. The second-order valence-electron chi connectivity index (χ2n) is 7.43. The number of carbonyl (C=O) groups is 1. The zero-order valence-corrected chi connectivity index (χ0v) is 17.0. The quantitative estimate of drug-likeness (QED) is 0.762. The van der Waals surface area contributed by atoms with Crippen LogP contribution >= 0.6 is 24.8 Å². The predicted molar refractivity (Wildman–Crippen MR) is 107 cm³/mol. The summed E-state index contributed by atoms with van der Waals surface area (Å²) >= 11 is 0. The van der Waals surface area contributed by atoms with Crippen molar-refractivity contribution < 1.29 is 13.6 Å². The Morgan fingerprint density at radius 2 is 1.81 bits per heavy atom. The minimum atomic E-state index is -0.813. The lowest BCUT2D eigenvalue weighted by atomic mass is 9.98. The maximum Gasteiger partial charge on any atom is 0.220 e. The molecule has 1 amide bonds. The molecule has 1 aliphatic carbocycles. The fourth-order valence-electron chi connectivity index (χ4n) is 3.98. The topological polar surface area (TPSA) is 58.4 Å². The van der Waals surface area contributed by atoms with Crippen molar-refractivity contribution in [3.63, 3.8) is 0 Å². The number of benzene rings is 1. The Hall–Kier alpha value is -0.950. The van der Waals surface area contributed by atoms with E-state index in [1.807, 2.05) is 0 Å². The van der Waals surface area contributed by atoms with E-state index in [-0.39, 0.29) is 42.8 Å². The number of carbonyl (C=O) groups excluding carboxylic acids is 1. The molecule has 2 aliphatic rings. The van der Waals surface area contributed by atoms with Crippen LogP contribution in [0.4, 0.5) is 8.78 Å². The Bertz CT molecular complexity index is 613. The fourth-order valence-corrected chi connectivity index (χ4v) is 3.98. The highest BCUT2D eigenvalue weighted by Crippen LogP contribution is 2.27. The summed E-state index contributed by atoms with van der Waals surface area (Å²) in [5.74, 6) is -1.17. The van der Waals surface area contributed by atoms with Crippen LogP contribution in [-0.4, -0.2) is 36.0 Å². The molecule has 1 aliphatic heterocycles. The van der Waals surface area contributed by atoms with Gasteiger partial charge in [0.25, 0.3) is 0 Å². The Morgan fingerprint density at radius 1 is 1.11 bits per heavy atom. The molecular weight excluding hydrogens is 395 g/mol. The van der Waals surface area contributed by atoms with E-state index in [0.29, 0.717) is 18.9 Å². The van der Waals surface area contributed by atoms with Crippen LogP contribution < -0.4 is 11.1 Å². The highest BCUT2D eigenvalue weighted by atomic mass is 35.5. The highest BCUT2D eigenvalue weighted by molar-refractivity contribution is 5.85. The van der Waals surface area contributed by atoms with Gasteiger partial charge in [-0.3, -0.25) is 9.69 Å². The van der Waals surface area contributed by atoms with Gasteiger partial charge in [0, 0.05) is 38.1 Å². The molecule has 1 saturated heterocycles. The average molecular weight is 424 g/mol. The summed E-state index contributed by atoms with van der Waals surface area (Å²) in [4.78, 5) is 14.4. The van der Waals surface area contributed by atoms with Gasteiger partial charge < -0.3 is 11.1 Å². The summed E-state index contributed by atoms with van der Waals surface area (Å²) in [5.41, 5.74) is 6.81. The molecular formula is C19H29Cl2F2N3O. The summed E-state index contributed by atoms with van der Waals surface area (Å²) in [6.07, 6.45) is 5.51. The zero-order chi connectivity index (χ0) is 17.8. The summed E-state index contributed by atoms with van der Waals surface area (Å²) in [6.45, 7) is 2.29. The van der Waals surface area contributed by atoms with Crippen LogP contribution in [0, 0.1) is 17.6 Å². The largest absolute Gasteiger partial charge is 0.353 e. The molecule has 8 heteroatoms. The third-order valence-electron chi connectivity index (χ3n) is 5.51. The lowest BCUT2D eigenvalue weighted by Crippen LogP contribution is -2.45. The molecule has 2 atom stereocenters. The van der Waals surface area contributed by atoms with Crippen LogP contribution in [0.15, 0.2) is 18.2 Å². The third-order valence-corrected chi connectivity index (χ3v) is 5.51. The number of nitrogens with one attached hydrogen (secondary N) is 1. The molecule has 27 heavy (non-hydrogen) atoms. The molecule has 0 radical (unpaired) electrons. The first-order chi connectivity index (χ1) is 12.0. The van der Waals surface area contributed by atoms with E-state index >= 15 is 0 Å². The van der Waals surface area contributed by atoms with E-state index in [2.05, 4.69) is 10.2 Å². The van der Waals surface area contributed by atoms with Gasteiger partial charge in [0.15, 0.2) is 11.6 Å². The number of piperidine rings is 1. The van der Waals surface area contributed by atoms with Gasteiger partial charge >= 0.3 is 0 Å². The highest BCUT2D eigenvalue weighted by Gasteiger charge is 2.27. The molecule has 4 nitrogen and oxygen atoms in total. The number of amides is 1. The minimum absolute atomic E-state index is 0. The molecule has 0 unspecified atom stereocenters. The molecule has 0 aromatic heterocycles. The van der Waals surface area contributed by atoms with Crippen LogP contribution in [0.3, 0.4) is 0 Å². The molecule has 154 valence electrons. The lowest BCUT2D eigenvalue weighted by molar-refractivity contribution is -0.123. The molecule has 1 aromatic carbocycles. The number of hydrogen-bond acceptors (Lipinski definition) is 3. The van der Waals surface area contributed by atoms with Crippen LogP contribution in [0.25, 0.3) is 0 Å². The standard InChI is InChI=1S/C19H27F2N3O.2ClH/c20-16-5-4-13(10-17(16)21)12-24-8-6-15(7-9-24)23-19(25)11-14-2-1-3-18(14)22;;/h4-5,10,14-15,18H,1-3,6-9,11-12,22H2,(H,23,25);2*1H/t14-,18+;;/m0../s1. The van der Waals surface area contributed by atoms with E-state index in [1.54, 1.807) is 6.07 Å². The monoisotopic (exact) mass is 423 g/mol. The summed E-state index contributed by atoms with van der Waals surface area (Å²) in [7, 11) is 0. The number of hydrogen-bond donors (Lipinski definition) is 2. The van der Waals surface area contributed by atoms with E-state index in [0.717, 1.165) is 50.8 Å². The van der Waals surface area contributed by atoms with E-state index in [9.17, 15) is 13.6 Å². The summed E-state index contributed by atoms with van der Waals surface area (Å²) < 4.78 is 26.3. The van der Waals surface area contributed by atoms with Crippen LogP contribution in [0.2, 0.25) is 0 Å². The molecule has 3 N–H and O–H groups in total. The number of likely N-dealkylation sites (tertiary alicyclic amines) is 1. The lowest BCUT2D eigenvalue weighted by Gasteiger charge is -2.32. The van der Waals surface area contributed by atoms with Gasteiger partial charge in [0.1, 0.15) is 0 Å². The minimum Gasteiger partial charge on any atom is -0.353 e. The van der Waals surface area contributed by atoms with Gasteiger partial charge in [-0.15, -0.1) is 24.8 Å². The fraction of sp³-hybridized carbons (Fsp3) is 0.632. The third kappa shape index (κ3) is 6.86. The van der Waals surface area contributed by atoms with Crippen molar-refractivity contribution >= 4 is 30.7 Å². The first-order valence-electron chi connectivity index (χ1n) is 9.22. The van der Waals surface area contributed by atoms with Gasteiger partial charge in [0.05, 0.1) is 0 Å². The van der Waals surface area contributed by atoms with Crippen molar-refractivity contribution in [3.05, 3.63) is 35.4 Å². The van der Waals surface area contributed by atoms with E-state index in [4.69, 9.17) is 5.73 Å². The van der Waals surface area contributed by atoms with E-state index in [1.165, 1.54) is 12.1 Å². The molecule has 1 heterocycles. The maximum atomic E-state index is 13.3. The summed E-state index contributed by atoms with van der Waals surface area (Å²) in [6, 6.07) is 4.42. The van der Waals surface area contributed by atoms with Gasteiger partial charge in [0.2, 0.25) is 5.91 Å². The van der Waals surface area contributed by atoms with Crippen LogP contribution in [0.1, 0.15) is 44.1 Å². The van der Waals surface area contributed by atoms with Gasteiger partial charge in [-0.2, -0.15) is 0 Å². The first-order valence-corrected chi connectivity index (χ1v) is 9.22. The molecule has 0 spiro atoms. The Kier molecular flexibility index (Phi) is 9.95. The van der Waals surface area contributed by atoms with Crippen LogP contribution in [-0.2, 0) is 11.3 Å². The zero-order valence-electron chi connectivity index (χ0n) is 15.3. The van der Waals surface area contributed by atoms with Crippen molar-refractivity contribution in [1.82, 2.24) is 10.2 Å². The average Bonchev–Trinajstić information content (AvgIpc) is 2.98. The summed E-state index contributed by atoms with van der Waals surface area (Å²) in [5, 5.41) is 3.14. The van der Waals surface area contributed by atoms with Gasteiger partial charge in [-0.1, -0.05) is 12.5 Å². The second-order valence-corrected chi connectivity index (χ2v) is 7.43. The smallest absolute Gasteiger partial charge is 0.220 e. The molecule has 2 fully saturated rings. The van der Waals surface area contributed by atoms with Crippen molar-refractivity contribution in [2.75, 3.05) is 13.1 Å². The van der Waals surface area contributed by atoms with E-state index < -0.39 is 11.6 Å². The van der Waals surface area contributed by atoms with Crippen molar-refractivity contribution in [3.8, 4) is 0 Å². The number of halogens is 4. The first kappa shape index (κ1) is 24.1. The van der Waals surface area contributed by atoms with Crippen LogP contribution in [0.5, 0.6) is 0 Å².